The van der Waals surface area contributed by atoms with Crippen LogP contribution in [0.3, 0.4) is 0 Å². The van der Waals surface area contributed by atoms with Gasteiger partial charge in [-0.15, -0.1) is 0 Å². The van der Waals surface area contributed by atoms with Gasteiger partial charge in [-0.2, -0.15) is 0 Å². The molecular formula is C18H23F2N3O4. The van der Waals surface area contributed by atoms with E-state index in [4.69, 9.17) is 5.73 Å². The zero-order valence-corrected chi connectivity index (χ0v) is 15.1. The molecule has 2 atom stereocenters. The van der Waals surface area contributed by atoms with Crippen molar-refractivity contribution in [2.45, 2.75) is 45.2 Å². The van der Waals surface area contributed by atoms with Gasteiger partial charge in [-0.25, -0.2) is 8.78 Å². The number of nitrogens with one attached hydrogen (secondary N) is 2. The molecule has 27 heavy (non-hydrogen) atoms. The first kappa shape index (κ1) is 22.2. The van der Waals surface area contributed by atoms with Crippen molar-refractivity contribution in [3.63, 3.8) is 0 Å². The molecule has 1 rings (SSSR count). The van der Waals surface area contributed by atoms with Crippen LogP contribution in [0, 0.1) is 17.6 Å². The predicted octanol–water partition coefficient (Wildman–Crippen LogP) is 0.597. The van der Waals surface area contributed by atoms with Crippen molar-refractivity contribution in [3.8, 4) is 0 Å². The summed E-state index contributed by atoms with van der Waals surface area (Å²) in [4.78, 5) is 46.5. The summed E-state index contributed by atoms with van der Waals surface area (Å²) in [7, 11) is 0. The Bertz CT molecular complexity index is 710. The average molecular weight is 383 g/mol. The van der Waals surface area contributed by atoms with Gasteiger partial charge < -0.3 is 16.4 Å². The van der Waals surface area contributed by atoms with Crippen molar-refractivity contribution < 1.29 is 28.0 Å². The predicted molar refractivity (Wildman–Crippen MR) is 93.3 cm³/mol. The van der Waals surface area contributed by atoms with Crippen LogP contribution in [0.2, 0.25) is 0 Å². The van der Waals surface area contributed by atoms with E-state index >= 15 is 0 Å². The van der Waals surface area contributed by atoms with Gasteiger partial charge in [-0.05, 0) is 30.5 Å². The van der Waals surface area contributed by atoms with Crippen LogP contribution in [-0.4, -0.2) is 36.1 Å². The number of amides is 3. The monoisotopic (exact) mass is 383 g/mol. The van der Waals surface area contributed by atoms with Gasteiger partial charge in [0, 0.05) is 12.3 Å². The van der Waals surface area contributed by atoms with Crippen molar-refractivity contribution in [2.24, 2.45) is 11.7 Å². The number of primary amides is 1. The molecule has 0 heterocycles. The fourth-order valence-corrected chi connectivity index (χ4v) is 2.46. The molecule has 0 aromatic heterocycles. The first-order valence-corrected chi connectivity index (χ1v) is 8.41. The zero-order valence-electron chi connectivity index (χ0n) is 15.1. The molecule has 1 aromatic carbocycles. The van der Waals surface area contributed by atoms with Crippen molar-refractivity contribution >= 4 is 24.0 Å². The third-order valence-corrected chi connectivity index (χ3v) is 3.92. The van der Waals surface area contributed by atoms with Gasteiger partial charge in [0.1, 0.15) is 6.04 Å². The van der Waals surface area contributed by atoms with Gasteiger partial charge in [0.05, 0.1) is 6.04 Å². The van der Waals surface area contributed by atoms with E-state index in [0.717, 1.165) is 12.1 Å². The summed E-state index contributed by atoms with van der Waals surface area (Å²) in [6, 6.07) is 1.15. The van der Waals surface area contributed by atoms with Crippen LogP contribution >= 0.6 is 0 Å². The van der Waals surface area contributed by atoms with Crippen molar-refractivity contribution in [2.75, 3.05) is 0 Å². The highest BCUT2D eigenvalue weighted by Gasteiger charge is 2.27. The molecule has 9 heteroatoms. The lowest BCUT2D eigenvalue weighted by atomic mass is 9.95. The van der Waals surface area contributed by atoms with Crippen LogP contribution < -0.4 is 16.4 Å². The maximum atomic E-state index is 13.4. The second-order valence-corrected chi connectivity index (χ2v) is 6.41. The quantitative estimate of drug-likeness (QED) is 0.485. The first-order valence-electron chi connectivity index (χ1n) is 8.41. The summed E-state index contributed by atoms with van der Waals surface area (Å²) in [5.74, 6) is -4.13. The molecular weight excluding hydrogens is 360 g/mol. The summed E-state index contributed by atoms with van der Waals surface area (Å²) in [5, 5.41) is 4.78. The van der Waals surface area contributed by atoms with Crippen molar-refractivity contribution in [1.82, 2.24) is 10.6 Å². The van der Waals surface area contributed by atoms with E-state index in [1.165, 1.54) is 6.07 Å². The molecule has 0 aliphatic heterocycles. The summed E-state index contributed by atoms with van der Waals surface area (Å²) in [6.45, 7) is 3.28. The first-order chi connectivity index (χ1) is 12.6. The molecule has 0 fully saturated rings. The summed E-state index contributed by atoms with van der Waals surface area (Å²) in [5.41, 5.74) is 5.37. The molecule has 0 bridgehead atoms. The van der Waals surface area contributed by atoms with Gasteiger partial charge >= 0.3 is 0 Å². The Morgan fingerprint density at radius 1 is 1.15 bits per heavy atom. The third-order valence-electron chi connectivity index (χ3n) is 3.92. The minimum absolute atomic E-state index is 0.0341. The number of hydrogen-bond acceptors (Lipinski definition) is 4. The minimum atomic E-state index is -1.06. The Hall–Kier alpha value is -2.84. The summed E-state index contributed by atoms with van der Waals surface area (Å²) < 4.78 is 26.5. The Balaban J connectivity index is 2.96. The fraction of sp³-hybridized carbons (Fsp3) is 0.444. The number of rotatable bonds is 11. The van der Waals surface area contributed by atoms with E-state index in [-0.39, 0.29) is 25.0 Å². The molecule has 0 saturated carbocycles. The number of ketones is 1. The Morgan fingerprint density at radius 2 is 1.81 bits per heavy atom. The molecule has 0 aliphatic rings. The molecule has 1 aromatic rings. The maximum Gasteiger partial charge on any atom is 0.243 e. The topological polar surface area (TPSA) is 118 Å². The molecule has 2 unspecified atom stereocenters. The van der Waals surface area contributed by atoms with Gasteiger partial charge in [0.15, 0.2) is 17.4 Å². The van der Waals surface area contributed by atoms with E-state index in [2.05, 4.69) is 10.6 Å². The van der Waals surface area contributed by atoms with Crippen LogP contribution in [0.15, 0.2) is 18.2 Å². The van der Waals surface area contributed by atoms with E-state index < -0.39 is 41.5 Å². The van der Waals surface area contributed by atoms with E-state index in [9.17, 15) is 28.0 Å². The standard InChI is InChI=1S/C18H23F2N3O4/c1-10(2)17(26)15(8-11-3-4-12(19)13(20)7-11)23-18(27)14(22-9-24)5-6-16(21)25/h3-4,7,9-10,14-15H,5-6,8H2,1-2H3,(H2,21,25)(H,22,24)(H,23,27). The average Bonchev–Trinajstić information content (AvgIpc) is 2.60. The Morgan fingerprint density at radius 3 is 2.33 bits per heavy atom. The second kappa shape index (κ2) is 10.3. The highest BCUT2D eigenvalue weighted by atomic mass is 19.2. The SMILES string of the molecule is CC(C)C(=O)C(Cc1ccc(F)c(F)c1)NC(=O)C(CCC(N)=O)NC=O. The molecule has 0 radical (unpaired) electrons. The lowest BCUT2D eigenvalue weighted by Crippen LogP contribution is -2.51. The fourth-order valence-electron chi connectivity index (χ4n) is 2.46. The molecule has 7 nitrogen and oxygen atoms in total. The number of carbonyl (C=O) groups excluding carboxylic acids is 4. The highest BCUT2D eigenvalue weighted by Crippen LogP contribution is 2.13. The number of carbonyl (C=O) groups is 4. The van der Waals surface area contributed by atoms with Crippen LogP contribution in [0.1, 0.15) is 32.3 Å². The number of halogens is 2. The Labute approximate surface area is 155 Å². The Kier molecular flexibility index (Phi) is 8.50. The zero-order chi connectivity index (χ0) is 20.6. The minimum Gasteiger partial charge on any atom is -0.370 e. The van der Waals surface area contributed by atoms with Crippen LogP contribution in [-0.2, 0) is 25.6 Å². The van der Waals surface area contributed by atoms with E-state index in [1.54, 1.807) is 13.8 Å². The maximum absolute atomic E-state index is 13.4. The van der Waals surface area contributed by atoms with Crippen LogP contribution in [0.5, 0.6) is 0 Å². The lowest BCUT2D eigenvalue weighted by molar-refractivity contribution is -0.131. The lowest BCUT2D eigenvalue weighted by Gasteiger charge is -2.23. The number of nitrogens with two attached hydrogens (primary N) is 1. The normalized spacial score (nSPS) is 12.9. The molecule has 3 amide bonds. The molecule has 148 valence electrons. The second-order valence-electron chi connectivity index (χ2n) is 6.41. The summed E-state index contributed by atoms with van der Waals surface area (Å²) >= 11 is 0. The van der Waals surface area contributed by atoms with Gasteiger partial charge in [0.25, 0.3) is 0 Å². The van der Waals surface area contributed by atoms with Crippen molar-refractivity contribution in [3.05, 3.63) is 35.4 Å². The van der Waals surface area contributed by atoms with Gasteiger partial charge in [-0.1, -0.05) is 19.9 Å². The smallest absolute Gasteiger partial charge is 0.243 e. The largest absolute Gasteiger partial charge is 0.370 e. The van der Waals surface area contributed by atoms with Gasteiger partial charge in [0.2, 0.25) is 18.2 Å². The molecule has 0 spiro atoms. The summed E-state index contributed by atoms with van der Waals surface area (Å²) in [6.07, 6.45) is 0.0853. The van der Waals surface area contributed by atoms with Gasteiger partial charge in [-0.3, -0.25) is 19.2 Å². The van der Waals surface area contributed by atoms with Crippen molar-refractivity contribution in [1.29, 1.82) is 0 Å². The number of benzene rings is 1. The van der Waals surface area contributed by atoms with E-state index in [1.807, 2.05) is 0 Å². The third kappa shape index (κ3) is 7.12. The van der Waals surface area contributed by atoms with E-state index in [0.29, 0.717) is 12.0 Å². The highest BCUT2D eigenvalue weighted by molar-refractivity contribution is 5.92. The molecule has 4 N–H and O–H groups in total. The number of hydrogen-bond donors (Lipinski definition) is 3. The van der Waals surface area contributed by atoms with Crippen LogP contribution in [0.25, 0.3) is 0 Å². The number of Topliss-reactive ketones (excluding diaryl/α,β-unsaturated/α-hetero) is 1. The van der Waals surface area contributed by atoms with Crippen LogP contribution in [0.4, 0.5) is 8.78 Å². The molecule has 0 aliphatic carbocycles. The molecule has 0 saturated heterocycles.